The normalized spacial score (nSPS) is 13.3. The third-order valence-corrected chi connectivity index (χ3v) is 6.36. The molecule has 0 aliphatic heterocycles. The Morgan fingerprint density at radius 3 is 2.48 bits per heavy atom. The Labute approximate surface area is 178 Å². The second-order valence-electron chi connectivity index (χ2n) is 7.05. The van der Waals surface area contributed by atoms with Gasteiger partial charge in [0.2, 0.25) is 15.9 Å². The zero-order valence-corrected chi connectivity index (χ0v) is 17.5. The molecule has 1 heterocycles. The van der Waals surface area contributed by atoms with Crippen LogP contribution in [0.15, 0.2) is 65.7 Å². The average molecular weight is 453 g/mol. The molecule has 0 aliphatic rings. The zero-order valence-electron chi connectivity index (χ0n) is 16.7. The number of aromatic nitrogens is 1. The van der Waals surface area contributed by atoms with Gasteiger partial charge in [-0.05, 0) is 43.0 Å². The van der Waals surface area contributed by atoms with Crippen LogP contribution in [0, 0.1) is 0 Å². The molecule has 0 saturated heterocycles. The van der Waals surface area contributed by atoms with Crippen LogP contribution in [0.4, 0.5) is 13.2 Å². The van der Waals surface area contributed by atoms with E-state index in [0.29, 0.717) is 19.0 Å². The molecular weight excluding hydrogens is 431 g/mol. The van der Waals surface area contributed by atoms with E-state index in [1.54, 1.807) is 0 Å². The number of amides is 1. The van der Waals surface area contributed by atoms with E-state index in [0.717, 1.165) is 23.0 Å². The summed E-state index contributed by atoms with van der Waals surface area (Å²) in [5.74, 6) is -0.620. The molecule has 0 fully saturated rings. The Kier molecular flexibility index (Phi) is 6.71. The maximum absolute atomic E-state index is 13.1. The highest BCUT2D eigenvalue weighted by atomic mass is 32.2. The molecule has 1 amide bonds. The number of sulfonamides is 1. The maximum Gasteiger partial charge on any atom is 0.417 e. The first-order valence-corrected chi connectivity index (χ1v) is 11.1. The summed E-state index contributed by atoms with van der Waals surface area (Å²) in [6.45, 7) is 2.21. The van der Waals surface area contributed by atoms with Crippen molar-refractivity contribution in [3.63, 3.8) is 0 Å². The lowest BCUT2D eigenvalue weighted by Gasteiger charge is -2.17. The van der Waals surface area contributed by atoms with Crippen molar-refractivity contribution >= 4 is 26.8 Å². The highest BCUT2D eigenvalue weighted by Gasteiger charge is 2.37. The minimum atomic E-state index is -4.83. The molecule has 1 atom stereocenters. The number of carbonyl (C=O) groups excluding carboxylic acids is 1. The van der Waals surface area contributed by atoms with Crippen LogP contribution < -0.4 is 10.0 Å². The number of benzene rings is 2. The molecule has 0 unspecified atom stereocenters. The Bertz CT molecular complexity index is 1170. The quantitative estimate of drug-likeness (QED) is 0.512. The van der Waals surface area contributed by atoms with Crippen LogP contribution in [0.5, 0.6) is 0 Å². The summed E-state index contributed by atoms with van der Waals surface area (Å²) in [7, 11) is -4.54. The van der Waals surface area contributed by atoms with Gasteiger partial charge in [-0.25, -0.2) is 8.42 Å². The zero-order chi connectivity index (χ0) is 22.6. The molecule has 0 bridgehead atoms. The van der Waals surface area contributed by atoms with Gasteiger partial charge in [0, 0.05) is 24.8 Å². The van der Waals surface area contributed by atoms with Crippen molar-refractivity contribution in [1.29, 1.82) is 0 Å². The standard InChI is InChI=1S/C21H22F3N3O3S/c1-15(26-31(29,30)19-10-5-3-8-17(19)21(22,23)24)20(28)25-12-6-13-27-14-11-16-7-2-4-9-18(16)27/h2-5,7-11,14-15,26H,6,12-13H2,1H3,(H,25,28)/t15-/m0/s1. The van der Waals surface area contributed by atoms with E-state index < -0.39 is 38.6 Å². The number of rotatable bonds is 8. The van der Waals surface area contributed by atoms with Crippen LogP contribution in [0.2, 0.25) is 0 Å². The lowest BCUT2D eigenvalue weighted by atomic mass is 10.2. The molecule has 1 aromatic heterocycles. The van der Waals surface area contributed by atoms with Crippen molar-refractivity contribution in [3.05, 3.63) is 66.4 Å². The molecule has 31 heavy (non-hydrogen) atoms. The van der Waals surface area contributed by atoms with Crippen LogP contribution in [0.1, 0.15) is 18.9 Å². The van der Waals surface area contributed by atoms with Crippen molar-refractivity contribution < 1.29 is 26.4 Å². The fourth-order valence-electron chi connectivity index (χ4n) is 3.23. The van der Waals surface area contributed by atoms with E-state index in [2.05, 4.69) is 5.32 Å². The first-order chi connectivity index (χ1) is 14.6. The van der Waals surface area contributed by atoms with E-state index in [1.165, 1.54) is 13.0 Å². The van der Waals surface area contributed by atoms with Gasteiger partial charge in [-0.2, -0.15) is 17.9 Å². The van der Waals surface area contributed by atoms with Gasteiger partial charge < -0.3 is 9.88 Å². The lowest BCUT2D eigenvalue weighted by Crippen LogP contribution is -2.45. The summed E-state index contributed by atoms with van der Waals surface area (Å²) in [6, 6.07) is 12.5. The van der Waals surface area contributed by atoms with Crippen molar-refractivity contribution in [1.82, 2.24) is 14.6 Å². The van der Waals surface area contributed by atoms with Gasteiger partial charge in [-0.15, -0.1) is 0 Å². The van der Waals surface area contributed by atoms with Gasteiger partial charge in [-0.1, -0.05) is 30.3 Å². The van der Waals surface area contributed by atoms with E-state index in [9.17, 15) is 26.4 Å². The number of fused-ring (bicyclic) bond motifs is 1. The Morgan fingerprint density at radius 1 is 1.06 bits per heavy atom. The predicted molar refractivity (Wildman–Crippen MR) is 111 cm³/mol. The number of hydrogen-bond donors (Lipinski definition) is 2. The topological polar surface area (TPSA) is 80.2 Å². The van der Waals surface area contributed by atoms with Crippen LogP contribution in [-0.2, 0) is 27.5 Å². The van der Waals surface area contributed by atoms with Gasteiger partial charge in [0.25, 0.3) is 0 Å². The summed E-state index contributed by atoms with van der Waals surface area (Å²) in [4.78, 5) is 11.3. The molecule has 2 aromatic carbocycles. The number of carbonyl (C=O) groups is 1. The Balaban J connectivity index is 1.56. The van der Waals surface area contributed by atoms with Crippen molar-refractivity contribution in [2.45, 2.75) is 37.0 Å². The summed E-state index contributed by atoms with van der Waals surface area (Å²) in [5, 5.41) is 3.72. The molecule has 0 aliphatic carbocycles. The van der Waals surface area contributed by atoms with Crippen LogP contribution in [0.3, 0.4) is 0 Å². The first-order valence-electron chi connectivity index (χ1n) is 9.60. The number of para-hydroxylation sites is 1. The van der Waals surface area contributed by atoms with E-state index in [1.807, 2.05) is 45.8 Å². The molecule has 6 nitrogen and oxygen atoms in total. The molecule has 0 spiro atoms. The molecular formula is C21H22F3N3O3S. The van der Waals surface area contributed by atoms with Gasteiger partial charge in [-0.3, -0.25) is 4.79 Å². The monoisotopic (exact) mass is 453 g/mol. The molecule has 2 N–H and O–H groups in total. The van der Waals surface area contributed by atoms with E-state index in [4.69, 9.17) is 0 Å². The van der Waals surface area contributed by atoms with Crippen LogP contribution in [0.25, 0.3) is 10.9 Å². The number of aryl methyl sites for hydroxylation is 1. The highest BCUT2D eigenvalue weighted by Crippen LogP contribution is 2.33. The van der Waals surface area contributed by atoms with Crippen LogP contribution >= 0.6 is 0 Å². The number of alkyl halides is 3. The fraction of sp³-hybridized carbons (Fsp3) is 0.286. The molecule has 3 rings (SSSR count). The Hall–Kier alpha value is -2.85. The molecule has 0 saturated carbocycles. The summed E-state index contributed by atoms with van der Waals surface area (Å²) < 4.78 is 68.3. The molecule has 166 valence electrons. The number of nitrogens with zero attached hydrogens (tertiary/aromatic N) is 1. The SMILES string of the molecule is C[C@H](NS(=O)(=O)c1ccccc1C(F)(F)F)C(=O)NCCCn1ccc2ccccc21. The summed E-state index contributed by atoms with van der Waals surface area (Å²) in [5.41, 5.74) is -0.215. The summed E-state index contributed by atoms with van der Waals surface area (Å²) >= 11 is 0. The predicted octanol–water partition coefficient (Wildman–Crippen LogP) is 3.53. The first kappa shape index (κ1) is 22.8. The largest absolute Gasteiger partial charge is 0.417 e. The molecule has 3 aromatic rings. The van der Waals surface area contributed by atoms with Gasteiger partial charge >= 0.3 is 6.18 Å². The molecule has 10 heteroatoms. The summed E-state index contributed by atoms with van der Waals surface area (Å²) in [6.07, 6.45) is -2.29. The molecule has 0 radical (unpaired) electrons. The third kappa shape index (κ3) is 5.45. The van der Waals surface area contributed by atoms with Gasteiger partial charge in [0.1, 0.15) is 0 Å². The smallest absolute Gasteiger partial charge is 0.355 e. The second-order valence-corrected chi connectivity index (χ2v) is 8.73. The van der Waals surface area contributed by atoms with Crippen LogP contribution in [-0.4, -0.2) is 31.5 Å². The number of nitrogens with one attached hydrogen (secondary N) is 2. The minimum absolute atomic E-state index is 0.288. The maximum atomic E-state index is 13.1. The van der Waals surface area contributed by atoms with Gasteiger partial charge in [0.05, 0.1) is 16.5 Å². The fourth-order valence-corrected chi connectivity index (χ4v) is 4.67. The second kappa shape index (κ2) is 9.11. The Morgan fingerprint density at radius 2 is 1.74 bits per heavy atom. The van der Waals surface area contributed by atoms with E-state index >= 15 is 0 Å². The average Bonchev–Trinajstić information content (AvgIpc) is 3.13. The van der Waals surface area contributed by atoms with Gasteiger partial charge in [0.15, 0.2) is 0 Å². The minimum Gasteiger partial charge on any atom is -0.355 e. The number of halogens is 3. The van der Waals surface area contributed by atoms with E-state index in [-0.39, 0.29) is 6.54 Å². The van der Waals surface area contributed by atoms with Crippen molar-refractivity contribution in [2.24, 2.45) is 0 Å². The lowest BCUT2D eigenvalue weighted by molar-refractivity contribution is -0.139. The number of hydrogen-bond acceptors (Lipinski definition) is 3. The van der Waals surface area contributed by atoms with Crippen molar-refractivity contribution in [3.8, 4) is 0 Å². The van der Waals surface area contributed by atoms with Crippen molar-refractivity contribution in [2.75, 3.05) is 6.54 Å². The third-order valence-electron chi connectivity index (χ3n) is 4.76. The highest BCUT2D eigenvalue weighted by molar-refractivity contribution is 7.89.